The van der Waals surface area contributed by atoms with Gasteiger partial charge in [-0.1, -0.05) is 12.1 Å². The van der Waals surface area contributed by atoms with Crippen LogP contribution in [0.1, 0.15) is 5.56 Å². The maximum absolute atomic E-state index is 5.47. The van der Waals surface area contributed by atoms with E-state index in [0.717, 1.165) is 0 Å². The molecule has 70 valence electrons. The van der Waals surface area contributed by atoms with Gasteiger partial charge < -0.3 is 9.47 Å². The summed E-state index contributed by atoms with van der Waals surface area (Å²) >= 11 is 2.29. The fraction of sp³-hybridized carbons (Fsp3) is 0.400. The summed E-state index contributed by atoms with van der Waals surface area (Å²) in [6.45, 7) is 1.34. The summed E-state index contributed by atoms with van der Waals surface area (Å²) in [6, 6.07) is 8.39. The van der Waals surface area contributed by atoms with Crippen LogP contribution in [0.5, 0.6) is 0 Å². The Hall–Kier alpha value is -0.130. The van der Waals surface area contributed by atoms with Crippen molar-refractivity contribution in [2.45, 2.75) is 5.60 Å². The molecule has 3 heteroatoms. The molecule has 1 aromatic carbocycles. The lowest BCUT2D eigenvalue weighted by Crippen LogP contribution is -2.48. The quantitative estimate of drug-likeness (QED) is 0.777. The molecule has 0 amide bonds. The molecule has 0 aromatic heterocycles. The summed E-state index contributed by atoms with van der Waals surface area (Å²) in [7, 11) is 1.74. The third-order valence-electron chi connectivity index (χ3n) is 2.43. The summed E-state index contributed by atoms with van der Waals surface area (Å²) in [5.41, 5.74) is 1.03. The fourth-order valence-corrected chi connectivity index (χ4v) is 1.80. The molecule has 0 radical (unpaired) electrons. The van der Waals surface area contributed by atoms with E-state index in [0.29, 0.717) is 13.2 Å². The van der Waals surface area contributed by atoms with E-state index in [2.05, 4.69) is 46.9 Å². The monoisotopic (exact) mass is 290 g/mol. The van der Waals surface area contributed by atoms with Gasteiger partial charge in [0.1, 0.15) is 5.60 Å². The number of hydrogen-bond acceptors (Lipinski definition) is 2. The summed E-state index contributed by atoms with van der Waals surface area (Å²) in [6.07, 6.45) is 0. The highest BCUT2D eigenvalue weighted by atomic mass is 127. The summed E-state index contributed by atoms with van der Waals surface area (Å²) < 4.78 is 11.9. The van der Waals surface area contributed by atoms with Crippen molar-refractivity contribution in [1.82, 2.24) is 0 Å². The molecule has 0 aliphatic carbocycles. The van der Waals surface area contributed by atoms with Crippen LogP contribution in [0.25, 0.3) is 0 Å². The standard InChI is InChI=1S/C10H11IO2/c1-12-10(6-13-7-10)8-2-4-9(11)5-3-8/h2-5H,6-7H2,1H3. The van der Waals surface area contributed by atoms with Gasteiger partial charge in [-0.3, -0.25) is 0 Å². The van der Waals surface area contributed by atoms with Gasteiger partial charge >= 0.3 is 0 Å². The molecule has 0 unspecified atom stereocenters. The van der Waals surface area contributed by atoms with E-state index in [1.54, 1.807) is 7.11 Å². The van der Waals surface area contributed by atoms with Crippen molar-refractivity contribution in [3.63, 3.8) is 0 Å². The third-order valence-corrected chi connectivity index (χ3v) is 3.15. The van der Waals surface area contributed by atoms with Crippen molar-refractivity contribution >= 4 is 22.6 Å². The lowest BCUT2D eigenvalue weighted by atomic mass is 9.92. The van der Waals surface area contributed by atoms with Crippen LogP contribution >= 0.6 is 22.6 Å². The zero-order chi connectivity index (χ0) is 9.31. The summed E-state index contributed by atoms with van der Waals surface area (Å²) in [5.74, 6) is 0. The van der Waals surface area contributed by atoms with Crippen LogP contribution in [0.4, 0.5) is 0 Å². The topological polar surface area (TPSA) is 18.5 Å². The smallest absolute Gasteiger partial charge is 0.139 e. The Morgan fingerprint density at radius 3 is 2.31 bits per heavy atom. The van der Waals surface area contributed by atoms with E-state index < -0.39 is 0 Å². The number of hydrogen-bond donors (Lipinski definition) is 0. The van der Waals surface area contributed by atoms with Crippen molar-refractivity contribution in [3.05, 3.63) is 33.4 Å². The molecule has 0 spiro atoms. The van der Waals surface area contributed by atoms with Gasteiger partial charge in [-0.2, -0.15) is 0 Å². The first-order chi connectivity index (χ1) is 6.27. The highest BCUT2D eigenvalue weighted by Gasteiger charge is 2.40. The average Bonchev–Trinajstić information content (AvgIpc) is 2.07. The molecule has 1 heterocycles. The van der Waals surface area contributed by atoms with Crippen LogP contribution < -0.4 is 0 Å². The van der Waals surface area contributed by atoms with Crippen molar-refractivity contribution in [3.8, 4) is 0 Å². The first-order valence-corrected chi connectivity index (χ1v) is 5.24. The van der Waals surface area contributed by atoms with Gasteiger partial charge in [0.05, 0.1) is 13.2 Å². The molecule has 1 aliphatic rings. The maximum Gasteiger partial charge on any atom is 0.139 e. The molecular formula is C10H11IO2. The molecule has 0 saturated carbocycles. The lowest BCUT2D eigenvalue weighted by Gasteiger charge is -2.40. The molecule has 1 aromatic rings. The largest absolute Gasteiger partial charge is 0.375 e. The zero-order valence-electron chi connectivity index (χ0n) is 7.42. The Balaban J connectivity index is 2.28. The third kappa shape index (κ3) is 1.60. The average molecular weight is 290 g/mol. The second-order valence-electron chi connectivity index (χ2n) is 3.20. The second-order valence-corrected chi connectivity index (χ2v) is 4.44. The van der Waals surface area contributed by atoms with Crippen molar-refractivity contribution in [2.75, 3.05) is 20.3 Å². The maximum atomic E-state index is 5.47. The van der Waals surface area contributed by atoms with Crippen LogP contribution in [0.2, 0.25) is 0 Å². The van der Waals surface area contributed by atoms with Crippen LogP contribution in [0, 0.1) is 3.57 Å². The first kappa shape index (κ1) is 9.43. The molecule has 0 bridgehead atoms. The molecule has 1 aliphatic heterocycles. The Morgan fingerprint density at radius 1 is 1.31 bits per heavy atom. The number of rotatable bonds is 2. The Labute approximate surface area is 91.4 Å². The molecule has 2 rings (SSSR count). The summed E-state index contributed by atoms with van der Waals surface area (Å²) in [5, 5.41) is 0. The van der Waals surface area contributed by atoms with Gasteiger partial charge in [0, 0.05) is 10.7 Å². The minimum atomic E-state index is -0.176. The number of halogens is 1. The Bertz CT molecular complexity index is 285. The van der Waals surface area contributed by atoms with Gasteiger partial charge in [-0.15, -0.1) is 0 Å². The number of methoxy groups -OCH3 is 1. The van der Waals surface area contributed by atoms with Crippen LogP contribution in [0.15, 0.2) is 24.3 Å². The first-order valence-electron chi connectivity index (χ1n) is 4.16. The van der Waals surface area contributed by atoms with Crippen molar-refractivity contribution < 1.29 is 9.47 Å². The van der Waals surface area contributed by atoms with Crippen molar-refractivity contribution in [1.29, 1.82) is 0 Å². The molecule has 0 N–H and O–H groups in total. The number of benzene rings is 1. The second kappa shape index (κ2) is 3.55. The highest BCUT2D eigenvalue weighted by Crippen LogP contribution is 2.32. The minimum Gasteiger partial charge on any atom is -0.375 e. The SMILES string of the molecule is COC1(c2ccc(I)cc2)COC1. The van der Waals surface area contributed by atoms with E-state index >= 15 is 0 Å². The van der Waals surface area contributed by atoms with E-state index in [-0.39, 0.29) is 5.60 Å². The summed E-state index contributed by atoms with van der Waals surface area (Å²) in [4.78, 5) is 0. The highest BCUT2D eigenvalue weighted by molar-refractivity contribution is 14.1. The Morgan fingerprint density at radius 2 is 1.92 bits per heavy atom. The molecular weight excluding hydrogens is 279 g/mol. The van der Waals surface area contributed by atoms with Crippen LogP contribution in [0.3, 0.4) is 0 Å². The molecule has 13 heavy (non-hydrogen) atoms. The number of ether oxygens (including phenoxy) is 2. The van der Waals surface area contributed by atoms with Gasteiger partial charge in [0.25, 0.3) is 0 Å². The van der Waals surface area contributed by atoms with E-state index in [4.69, 9.17) is 9.47 Å². The van der Waals surface area contributed by atoms with E-state index in [9.17, 15) is 0 Å². The lowest BCUT2D eigenvalue weighted by molar-refractivity contribution is -0.202. The van der Waals surface area contributed by atoms with E-state index in [1.807, 2.05) is 0 Å². The van der Waals surface area contributed by atoms with Crippen LogP contribution in [-0.4, -0.2) is 20.3 Å². The minimum absolute atomic E-state index is 0.176. The molecule has 1 saturated heterocycles. The predicted octanol–water partition coefficient (Wildman–Crippen LogP) is 2.16. The van der Waals surface area contributed by atoms with Gasteiger partial charge in [0.15, 0.2) is 0 Å². The van der Waals surface area contributed by atoms with Crippen LogP contribution in [-0.2, 0) is 15.1 Å². The zero-order valence-corrected chi connectivity index (χ0v) is 9.58. The van der Waals surface area contributed by atoms with Gasteiger partial charge in [0.2, 0.25) is 0 Å². The normalized spacial score (nSPS) is 19.5. The van der Waals surface area contributed by atoms with Gasteiger partial charge in [-0.25, -0.2) is 0 Å². The van der Waals surface area contributed by atoms with Gasteiger partial charge in [-0.05, 0) is 40.3 Å². The Kier molecular flexibility index (Phi) is 2.58. The van der Waals surface area contributed by atoms with Crippen molar-refractivity contribution in [2.24, 2.45) is 0 Å². The van der Waals surface area contributed by atoms with E-state index in [1.165, 1.54) is 9.13 Å². The molecule has 1 fully saturated rings. The predicted molar refractivity (Wildman–Crippen MR) is 58.7 cm³/mol. The molecule has 2 nitrogen and oxygen atoms in total. The molecule has 0 atom stereocenters. The fourth-order valence-electron chi connectivity index (χ4n) is 1.44.